The summed E-state index contributed by atoms with van der Waals surface area (Å²) in [6.07, 6.45) is 7.77. The van der Waals surface area contributed by atoms with Gasteiger partial charge in [0.2, 0.25) is 5.91 Å². The summed E-state index contributed by atoms with van der Waals surface area (Å²) < 4.78 is 13.4. The highest BCUT2D eigenvalue weighted by Crippen LogP contribution is 2.46. The van der Waals surface area contributed by atoms with E-state index in [9.17, 15) is 4.79 Å². The number of nitrogens with zero attached hydrogens (tertiary/aromatic N) is 5. The van der Waals surface area contributed by atoms with Gasteiger partial charge in [0.25, 0.3) is 0 Å². The Balaban J connectivity index is 1.56. The fourth-order valence-corrected chi connectivity index (χ4v) is 6.25. The van der Waals surface area contributed by atoms with Crippen molar-refractivity contribution in [2.24, 2.45) is 11.3 Å². The van der Waals surface area contributed by atoms with Crippen molar-refractivity contribution in [1.82, 2.24) is 24.5 Å². The highest BCUT2D eigenvalue weighted by Gasteiger charge is 2.40. The SMILES string of the molecule is COCC1(COC)CCC(c2c(CN(C)CCN(C)C)nn3c2CN(C(=O)C2CCC2)CC3)CC1. The second-order valence-corrected chi connectivity index (χ2v) is 11.6. The minimum absolute atomic E-state index is 0.113. The highest BCUT2D eigenvalue weighted by molar-refractivity contribution is 5.79. The molecule has 0 saturated heterocycles. The predicted octanol–water partition coefficient (Wildman–Crippen LogP) is 2.96. The van der Waals surface area contributed by atoms with E-state index in [1.54, 1.807) is 14.2 Å². The zero-order valence-electron chi connectivity index (χ0n) is 22.7. The van der Waals surface area contributed by atoms with Crippen LogP contribution >= 0.6 is 0 Å². The lowest BCUT2D eigenvalue weighted by Gasteiger charge is -2.40. The zero-order valence-corrected chi connectivity index (χ0v) is 22.7. The molecule has 2 fully saturated rings. The van der Waals surface area contributed by atoms with E-state index < -0.39 is 0 Å². The Hall–Kier alpha value is -1.48. The Kier molecular flexibility index (Phi) is 8.90. The van der Waals surface area contributed by atoms with Crippen LogP contribution in [-0.2, 0) is 33.9 Å². The van der Waals surface area contributed by atoms with Gasteiger partial charge in [-0.05, 0) is 65.6 Å². The Morgan fingerprint density at radius 3 is 2.29 bits per heavy atom. The first kappa shape index (κ1) is 26.6. The van der Waals surface area contributed by atoms with E-state index in [0.29, 0.717) is 11.8 Å². The second-order valence-electron chi connectivity index (χ2n) is 11.6. The molecule has 1 aromatic rings. The molecule has 0 radical (unpaired) electrons. The molecule has 0 bridgehead atoms. The third kappa shape index (κ3) is 6.09. The summed E-state index contributed by atoms with van der Waals surface area (Å²) in [6.45, 7) is 6.72. The molecule has 2 heterocycles. The molecule has 1 amide bonds. The summed E-state index contributed by atoms with van der Waals surface area (Å²) in [6, 6.07) is 0. The number of amides is 1. The first-order valence-corrected chi connectivity index (χ1v) is 13.5. The van der Waals surface area contributed by atoms with Crippen molar-refractivity contribution in [3.05, 3.63) is 17.0 Å². The maximum atomic E-state index is 13.1. The fraction of sp³-hybridized carbons (Fsp3) is 0.852. The van der Waals surface area contributed by atoms with Crippen LogP contribution in [0.15, 0.2) is 0 Å². The van der Waals surface area contributed by atoms with Gasteiger partial charge in [0, 0.05) is 57.3 Å². The van der Waals surface area contributed by atoms with Gasteiger partial charge < -0.3 is 19.3 Å². The maximum Gasteiger partial charge on any atom is 0.226 e. The van der Waals surface area contributed by atoms with E-state index in [0.717, 1.165) is 91.0 Å². The van der Waals surface area contributed by atoms with E-state index in [2.05, 4.69) is 40.5 Å². The molecule has 1 aliphatic heterocycles. The maximum absolute atomic E-state index is 13.1. The Morgan fingerprint density at radius 1 is 1.03 bits per heavy atom. The quantitative estimate of drug-likeness (QED) is 0.476. The number of carbonyl (C=O) groups excluding carboxylic acids is 1. The van der Waals surface area contributed by atoms with Crippen molar-refractivity contribution in [2.75, 3.05) is 68.2 Å². The number of rotatable bonds is 11. The van der Waals surface area contributed by atoms with E-state index in [1.165, 1.54) is 23.4 Å². The van der Waals surface area contributed by atoms with Gasteiger partial charge in [-0.3, -0.25) is 14.4 Å². The van der Waals surface area contributed by atoms with Crippen LogP contribution in [0.5, 0.6) is 0 Å². The van der Waals surface area contributed by atoms with Gasteiger partial charge in [-0.15, -0.1) is 0 Å². The van der Waals surface area contributed by atoms with Crippen LogP contribution in [0.1, 0.15) is 67.8 Å². The molecule has 0 aromatic carbocycles. The molecule has 8 nitrogen and oxygen atoms in total. The summed E-state index contributed by atoms with van der Waals surface area (Å²) in [7, 11) is 10.0. The summed E-state index contributed by atoms with van der Waals surface area (Å²) in [4.78, 5) is 19.8. The molecule has 0 unspecified atom stereocenters. The number of hydrogen-bond donors (Lipinski definition) is 0. The van der Waals surface area contributed by atoms with Gasteiger partial charge in [-0.25, -0.2) is 0 Å². The predicted molar refractivity (Wildman–Crippen MR) is 137 cm³/mol. The average molecular weight is 490 g/mol. The van der Waals surface area contributed by atoms with Crippen LogP contribution in [0, 0.1) is 11.3 Å². The largest absolute Gasteiger partial charge is 0.384 e. The number of hydrogen-bond acceptors (Lipinski definition) is 6. The van der Waals surface area contributed by atoms with Crippen molar-refractivity contribution in [3.63, 3.8) is 0 Å². The van der Waals surface area contributed by atoms with Crippen LogP contribution < -0.4 is 0 Å². The first-order valence-electron chi connectivity index (χ1n) is 13.5. The molecule has 4 rings (SSSR count). The van der Waals surface area contributed by atoms with Crippen LogP contribution in [0.3, 0.4) is 0 Å². The summed E-state index contributed by atoms with van der Waals surface area (Å²) in [5.74, 6) is 1.10. The molecular formula is C27H47N5O3. The smallest absolute Gasteiger partial charge is 0.226 e. The molecular weight excluding hydrogens is 442 g/mol. The molecule has 8 heteroatoms. The van der Waals surface area contributed by atoms with E-state index in [4.69, 9.17) is 14.6 Å². The standard InChI is InChI=1S/C27H47N5O3/c1-29(2)13-14-30(3)17-23-25(21-9-11-27(12-10-21,19-34-4)20-35-5)24-18-31(15-16-32(24)28-23)26(33)22-7-6-8-22/h21-22H,6-20H2,1-5H3. The van der Waals surface area contributed by atoms with Crippen molar-refractivity contribution >= 4 is 5.91 Å². The number of carbonyl (C=O) groups is 1. The minimum atomic E-state index is 0.113. The lowest BCUT2D eigenvalue weighted by Crippen LogP contribution is -2.43. The summed E-state index contributed by atoms with van der Waals surface area (Å²) in [5.41, 5.74) is 4.05. The molecule has 2 aliphatic carbocycles. The fourth-order valence-electron chi connectivity index (χ4n) is 6.25. The van der Waals surface area contributed by atoms with E-state index in [-0.39, 0.29) is 11.3 Å². The van der Waals surface area contributed by atoms with Crippen molar-refractivity contribution in [2.45, 2.75) is 70.5 Å². The van der Waals surface area contributed by atoms with Gasteiger partial charge in [0.05, 0.1) is 37.7 Å². The molecule has 2 saturated carbocycles. The third-order valence-corrected chi connectivity index (χ3v) is 8.57. The number of ether oxygens (including phenoxy) is 2. The van der Waals surface area contributed by atoms with Gasteiger partial charge in [-0.1, -0.05) is 6.42 Å². The lowest BCUT2D eigenvalue weighted by atomic mass is 9.69. The van der Waals surface area contributed by atoms with Crippen molar-refractivity contribution < 1.29 is 14.3 Å². The van der Waals surface area contributed by atoms with Crippen LogP contribution in [0.2, 0.25) is 0 Å². The molecule has 3 aliphatic rings. The number of fused-ring (bicyclic) bond motifs is 1. The molecule has 35 heavy (non-hydrogen) atoms. The number of likely N-dealkylation sites (N-methyl/N-ethyl adjacent to an activating group) is 2. The Morgan fingerprint density at radius 2 is 1.71 bits per heavy atom. The van der Waals surface area contributed by atoms with Crippen molar-refractivity contribution in [1.29, 1.82) is 0 Å². The van der Waals surface area contributed by atoms with Gasteiger partial charge in [-0.2, -0.15) is 5.10 Å². The molecule has 198 valence electrons. The van der Waals surface area contributed by atoms with Crippen LogP contribution in [0.25, 0.3) is 0 Å². The summed E-state index contributed by atoms with van der Waals surface area (Å²) in [5, 5.41) is 5.15. The monoisotopic (exact) mass is 489 g/mol. The minimum Gasteiger partial charge on any atom is -0.384 e. The third-order valence-electron chi connectivity index (χ3n) is 8.57. The van der Waals surface area contributed by atoms with Gasteiger partial charge >= 0.3 is 0 Å². The summed E-state index contributed by atoms with van der Waals surface area (Å²) >= 11 is 0. The normalized spacial score (nSPS) is 20.9. The molecule has 0 atom stereocenters. The van der Waals surface area contributed by atoms with Gasteiger partial charge in [0.15, 0.2) is 0 Å². The average Bonchev–Trinajstić information content (AvgIpc) is 3.14. The number of methoxy groups -OCH3 is 2. The Labute approximate surface area is 211 Å². The molecule has 1 aromatic heterocycles. The highest BCUT2D eigenvalue weighted by atomic mass is 16.5. The first-order chi connectivity index (χ1) is 16.9. The molecule has 0 spiro atoms. The van der Waals surface area contributed by atoms with Crippen LogP contribution in [-0.4, -0.2) is 98.6 Å². The zero-order chi connectivity index (χ0) is 25.0. The van der Waals surface area contributed by atoms with E-state index in [1.807, 2.05) is 0 Å². The van der Waals surface area contributed by atoms with Crippen LogP contribution in [0.4, 0.5) is 0 Å². The molecule has 0 N–H and O–H groups in total. The lowest BCUT2D eigenvalue weighted by molar-refractivity contribution is -0.139. The number of aromatic nitrogens is 2. The second kappa shape index (κ2) is 11.7. The van der Waals surface area contributed by atoms with Crippen molar-refractivity contribution in [3.8, 4) is 0 Å². The topological polar surface area (TPSA) is 63.1 Å². The van der Waals surface area contributed by atoms with Gasteiger partial charge in [0.1, 0.15) is 0 Å². The van der Waals surface area contributed by atoms with E-state index >= 15 is 0 Å². The Bertz CT molecular complexity index is 834.